The number of aliphatic hydroxyl groups is 1. The molecule has 2 aromatic rings. The van der Waals surface area contributed by atoms with Gasteiger partial charge in [0.25, 0.3) is 5.69 Å². The molecule has 0 saturated heterocycles. The number of nitro groups is 1. The van der Waals surface area contributed by atoms with Gasteiger partial charge in [0, 0.05) is 28.0 Å². The van der Waals surface area contributed by atoms with Gasteiger partial charge < -0.3 is 9.67 Å². The SMILES string of the molecule is Cc1cc(Sc2ncc(CO)n2C)c(Br)cc1[N+](=O)[O-]. The molecule has 1 N–H and O–H groups in total. The quantitative estimate of drug-likeness (QED) is 0.671. The van der Waals surface area contributed by atoms with Gasteiger partial charge in [0.05, 0.1) is 23.4 Å². The molecule has 0 unspecified atom stereocenters. The molecule has 0 radical (unpaired) electrons. The predicted molar refractivity (Wildman–Crippen MR) is 78.8 cm³/mol. The number of aliphatic hydroxyl groups excluding tert-OH is 1. The molecular weight excluding hydrogens is 346 g/mol. The van der Waals surface area contributed by atoms with Crippen molar-refractivity contribution in [3.8, 4) is 0 Å². The van der Waals surface area contributed by atoms with Gasteiger partial charge >= 0.3 is 0 Å². The molecule has 0 spiro atoms. The van der Waals surface area contributed by atoms with Crippen LogP contribution in [-0.4, -0.2) is 19.6 Å². The second-order valence-electron chi connectivity index (χ2n) is 4.18. The molecule has 1 aromatic carbocycles. The van der Waals surface area contributed by atoms with Crippen molar-refractivity contribution in [2.75, 3.05) is 0 Å². The van der Waals surface area contributed by atoms with Crippen LogP contribution in [0.25, 0.3) is 0 Å². The second-order valence-corrected chi connectivity index (χ2v) is 6.04. The molecule has 0 bridgehead atoms. The van der Waals surface area contributed by atoms with Crippen LogP contribution >= 0.6 is 27.7 Å². The number of rotatable bonds is 4. The van der Waals surface area contributed by atoms with Gasteiger partial charge in [-0.05, 0) is 28.9 Å². The first kappa shape index (κ1) is 15.0. The van der Waals surface area contributed by atoms with Crippen molar-refractivity contribution in [1.82, 2.24) is 9.55 Å². The average molecular weight is 358 g/mol. The Labute approximate surface area is 128 Å². The van der Waals surface area contributed by atoms with Crippen LogP contribution in [0, 0.1) is 17.0 Å². The van der Waals surface area contributed by atoms with E-state index in [4.69, 9.17) is 5.11 Å². The normalized spacial score (nSPS) is 10.8. The number of halogens is 1. The van der Waals surface area contributed by atoms with Crippen molar-refractivity contribution in [3.63, 3.8) is 0 Å². The molecule has 0 aliphatic carbocycles. The third kappa shape index (κ3) is 2.87. The van der Waals surface area contributed by atoms with Crippen LogP contribution in [0.2, 0.25) is 0 Å². The zero-order valence-corrected chi connectivity index (χ0v) is 13.2. The van der Waals surface area contributed by atoms with Crippen LogP contribution in [0.3, 0.4) is 0 Å². The lowest BCUT2D eigenvalue weighted by atomic mass is 10.2. The first-order chi connectivity index (χ1) is 9.43. The Hall–Kier alpha value is -1.38. The molecule has 1 heterocycles. The van der Waals surface area contributed by atoms with E-state index >= 15 is 0 Å². The van der Waals surface area contributed by atoms with Gasteiger partial charge in [-0.1, -0.05) is 11.8 Å². The van der Waals surface area contributed by atoms with E-state index in [9.17, 15) is 10.1 Å². The van der Waals surface area contributed by atoms with Crippen molar-refractivity contribution < 1.29 is 10.0 Å². The molecule has 1 aromatic heterocycles. The highest BCUT2D eigenvalue weighted by molar-refractivity contribution is 9.10. The number of hydrogen-bond acceptors (Lipinski definition) is 5. The van der Waals surface area contributed by atoms with Crippen molar-refractivity contribution in [1.29, 1.82) is 0 Å². The summed E-state index contributed by atoms with van der Waals surface area (Å²) < 4.78 is 2.43. The zero-order valence-electron chi connectivity index (χ0n) is 10.8. The molecule has 0 aliphatic heterocycles. The summed E-state index contributed by atoms with van der Waals surface area (Å²) in [6.45, 7) is 1.62. The van der Waals surface area contributed by atoms with Crippen LogP contribution in [-0.2, 0) is 13.7 Å². The topological polar surface area (TPSA) is 81.2 Å². The van der Waals surface area contributed by atoms with Gasteiger partial charge in [-0.2, -0.15) is 0 Å². The molecule has 0 aliphatic rings. The maximum Gasteiger partial charge on any atom is 0.273 e. The molecule has 6 nitrogen and oxygen atoms in total. The van der Waals surface area contributed by atoms with Gasteiger partial charge in [-0.15, -0.1) is 0 Å². The van der Waals surface area contributed by atoms with Gasteiger partial charge in [-0.25, -0.2) is 4.98 Å². The van der Waals surface area contributed by atoms with E-state index in [2.05, 4.69) is 20.9 Å². The standard InChI is InChI=1S/C12H12BrN3O3S/c1-7-3-11(9(13)4-10(7)16(18)19)20-12-14-5-8(6-17)15(12)2/h3-5,17H,6H2,1-2H3. The predicted octanol–water partition coefficient (Wildman–Crippen LogP) is 3.04. The zero-order chi connectivity index (χ0) is 14.9. The highest BCUT2D eigenvalue weighted by Crippen LogP contribution is 2.36. The summed E-state index contributed by atoms with van der Waals surface area (Å²) in [4.78, 5) is 15.5. The third-order valence-corrected chi connectivity index (χ3v) is 4.89. The largest absolute Gasteiger partial charge is 0.390 e. The van der Waals surface area contributed by atoms with Crippen LogP contribution in [0.4, 0.5) is 5.69 Å². The molecule has 0 atom stereocenters. The number of nitrogens with zero attached hydrogens (tertiary/aromatic N) is 3. The van der Waals surface area contributed by atoms with Crippen LogP contribution < -0.4 is 0 Å². The lowest BCUT2D eigenvalue weighted by Crippen LogP contribution is -1.97. The summed E-state index contributed by atoms with van der Waals surface area (Å²) >= 11 is 4.73. The van der Waals surface area contributed by atoms with E-state index < -0.39 is 4.92 Å². The smallest absolute Gasteiger partial charge is 0.273 e. The van der Waals surface area contributed by atoms with Crippen molar-refractivity contribution in [2.45, 2.75) is 23.6 Å². The van der Waals surface area contributed by atoms with E-state index in [1.807, 2.05) is 7.05 Å². The Kier molecular flexibility index (Phi) is 4.46. The number of hydrogen-bond donors (Lipinski definition) is 1. The maximum atomic E-state index is 10.9. The molecule has 2 rings (SSSR count). The van der Waals surface area contributed by atoms with E-state index in [0.717, 1.165) is 4.90 Å². The Bertz CT molecular complexity index is 672. The summed E-state index contributed by atoms with van der Waals surface area (Å²) in [6, 6.07) is 3.24. The second kappa shape index (κ2) is 5.94. The molecular formula is C12H12BrN3O3S. The maximum absolute atomic E-state index is 10.9. The van der Waals surface area contributed by atoms with Gasteiger partial charge in [0.15, 0.2) is 5.16 Å². The minimum Gasteiger partial charge on any atom is -0.390 e. The van der Waals surface area contributed by atoms with E-state index in [-0.39, 0.29) is 12.3 Å². The van der Waals surface area contributed by atoms with Crippen LogP contribution in [0.1, 0.15) is 11.3 Å². The van der Waals surface area contributed by atoms with E-state index in [1.54, 1.807) is 23.8 Å². The summed E-state index contributed by atoms with van der Waals surface area (Å²) in [5, 5.41) is 20.7. The highest BCUT2D eigenvalue weighted by Gasteiger charge is 2.16. The van der Waals surface area contributed by atoms with Crippen molar-refractivity contribution in [3.05, 3.63) is 44.2 Å². The lowest BCUT2D eigenvalue weighted by Gasteiger charge is -2.07. The van der Waals surface area contributed by atoms with Crippen LogP contribution in [0.15, 0.2) is 32.9 Å². The minimum absolute atomic E-state index is 0.0789. The van der Waals surface area contributed by atoms with E-state index in [0.29, 0.717) is 20.9 Å². The Morgan fingerprint density at radius 1 is 1.55 bits per heavy atom. The number of imidazole rings is 1. The monoisotopic (exact) mass is 357 g/mol. The van der Waals surface area contributed by atoms with Gasteiger partial charge in [-0.3, -0.25) is 10.1 Å². The van der Waals surface area contributed by atoms with Crippen LogP contribution in [0.5, 0.6) is 0 Å². The average Bonchev–Trinajstić information content (AvgIpc) is 2.74. The highest BCUT2D eigenvalue weighted by atomic mass is 79.9. The lowest BCUT2D eigenvalue weighted by molar-refractivity contribution is -0.385. The molecule has 106 valence electrons. The van der Waals surface area contributed by atoms with Crippen molar-refractivity contribution in [2.24, 2.45) is 7.05 Å². The van der Waals surface area contributed by atoms with Gasteiger partial charge in [0.1, 0.15) is 0 Å². The summed E-state index contributed by atoms with van der Waals surface area (Å²) in [7, 11) is 1.81. The molecule has 0 amide bonds. The first-order valence-corrected chi connectivity index (χ1v) is 7.28. The number of aryl methyl sites for hydroxylation is 1. The number of aromatic nitrogens is 2. The number of nitro benzene ring substituents is 1. The molecule has 0 saturated carbocycles. The Balaban J connectivity index is 2.36. The fraction of sp³-hybridized carbons (Fsp3) is 0.250. The third-order valence-electron chi connectivity index (χ3n) is 2.85. The fourth-order valence-corrected chi connectivity index (χ4v) is 3.21. The minimum atomic E-state index is -0.404. The molecule has 0 fully saturated rings. The Morgan fingerprint density at radius 2 is 2.25 bits per heavy atom. The fourth-order valence-electron chi connectivity index (χ4n) is 1.69. The van der Waals surface area contributed by atoms with E-state index in [1.165, 1.54) is 17.8 Å². The first-order valence-electron chi connectivity index (χ1n) is 5.68. The molecule has 8 heteroatoms. The summed E-state index contributed by atoms with van der Waals surface area (Å²) in [6.07, 6.45) is 1.61. The molecule has 20 heavy (non-hydrogen) atoms. The summed E-state index contributed by atoms with van der Waals surface area (Å²) in [5.41, 5.74) is 1.39. The van der Waals surface area contributed by atoms with Crippen molar-refractivity contribution >= 4 is 33.4 Å². The number of benzene rings is 1. The van der Waals surface area contributed by atoms with Gasteiger partial charge in [0.2, 0.25) is 0 Å². The Morgan fingerprint density at radius 3 is 2.80 bits per heavy atom. The summed E-state index contributed by atoms with van der Waals surface area (Å²) in [5.74, 6) is 0.